The Morgan fingerprint density at radius 3 is 2.57 bits per heavy atom. The molecule has 3 aliphatic heterocycles. The number of anilines is 1. The molecule has 0 aromatic heterocycles. The van der Waals surface area contributed by atoms with Crippen LogP contribution in [0.5, 0.6) is 0 Å². The van der Waals surface area contributed by atoms with Crippen molar-refractivity contribution in [3.63, 3.8) is 0 Å². The maximum Gasteiger partial charge on any atom is 0.311 e. The zero-order chi connectivity index (χ0) is 22.0. The van der Waals surface area contributed by atoms with Gasteiger partial charge in [-0.2, -0.15) is 5.26 Å². The van der Waals surface area contributed by atoms with E-state index >= 15 is 0 Å². The molecule has 1 aromatic rings. The molecule has 1 amide bonds. The van der Waals surface area contributed by atoms with Gasteiger partial charge in [0.2, 0.25) is 5.41 Å². The zero-order valence-corrected chi connectivity index (χ0v) is 16.1. The summed E-state index contributed by atoms with van der Waals surface area (Å²) in [5.74, 6) is -0.957. The van der Waals surface area contributed by atoms with E-state index in [0.717, 1.165) is 6.07 Å². The number of non-ortho nitro benzene ring substituents is 1. The van der Waals surface area contributed by atoms with Gasteiger partial charge in [-0.05, 0) is 6.07 Å². The lowest BCUT2D eigenvalue weighted by Crippen LogP contribution is -2.58. The summed E-state index contributed by atoms with van der Waals surface area (Å²) in [6, 6.07) is 5.40. The summed E-state index contributed by atoms with van der Waals surface area (Å²) in [4.78, 5) is 36.8. The number of carbonyl (C=O) groups excluding carboxylic acids is 1. The maximum atomic E-state index is 13.2. The summed E-state index contributed by atoms with van der Waals surface area (Å²) in [6.07, 6.45) is 0. The topological polar surface area (TPSA) is 180 Å². The Hall–Kier alpha value is -4.14. The summed E-state index contributed by atoms with van der Waals surface area (Å²) in [6.45, 7) is 4.49. The van der Waals surface area contributed by atoms with Crippen molar-refractivity contribution in [2.45, 2.75) is 19.3 Å². The second-order valence-corrected chi connectivity index (χ2v) is 8.12. The van der Waals surface area contributed by atoms with Crippen LogP contribution in [0.1, 0.15) is 19.4 Å². The Bertz CT molecular complexity index is 1150. The fourth-order valence-corrected chi connectivity index (χ4v) is 4.27. The van der Waals surface area contributed by atoms with E-state index in [1.54, 1.807) is 0 Å². The predicted molar refractivity (Wildman–Crippen MR) is 103 cm³/mol. The number of hydrogen-bond acceptors (Lipinski definition) is 9. The predicted octanol–water partition coefficient (Wildman–Crippen LogP) is 0.869. The van der Waals surface area contributed by atoms with Crippen LogP contribution in [0.3, 0.4) is 0 Å². The average molecular weight is 411 g/mol. The van der Waals surface area contributed by atoms with Crippen molar-refractivity contribution in [3.05, 3.63) is 66.9 Å². The molecule has 1 atom stereocenters. The first kappa shape index (κ1) is 19.2. The fourth-order valence-electron chi connectivity index (χ4n) is 4.27. The van der Waals surface area contributed by atoms with E-state index in [2.05, 4.69) is 10.6 Å². The van der Waals surface area contributed by atoms with Crippen molar-refractivity contribution >= 4 is 17.3 Å². The summed E-state index contributed by atoms with van der Waals surface area (Å²) in [5.41, 5.74) is 2.55. The number of nitrogens with zero attached hydrogens (tertiary/aromatic N) is 4. The van der Waals surface area contributed by atoms with Gasteiger partial charge in [-0.25, -0.2) is 0 Å². The van der Waals surface area contributed by atoms with Crippen LogP contribution < -0.4 is 16.4 Å². The molecule has 1 saturated heterocycles. The first-order valence-corrected chi connectivity index (χ1v) is 8.96. The van der Waals surface area contributed by atoms with Crippen molar-refractivity contribution < 1.29 is 14.6 Å². The van der Waals surface area contributed by atoms with Crippen LogP contribution in [0.25, 0.3) is 0 Å². The van der Waals surface area contributed by atoms with E-state index in [9.17, 15) is 30.3 Å². The van der Waals surface area contributed by atoms with Crippen molar-refractivity contribution in [3.8, 4) is 6.07 Å². The molecule has 3 heterocycles. The van der Waals surface area contributed by atoms with E-state index in [0.29, 0.717) is 6.54 Å². The molecular formula is C18H17N7O5. The van der Waals surface area contributed by atoms with Crippen molar-refractivity contribution in [2.75, 3.05) is 18.4 Å². The summed E-state index contributed by atoms with van der Waals surface area (Å²) in [7, 11) is 0. The smallest absolute Gasteiger partial charge is 0.311 e. The summed E-state index contributed by atoms with van der Waals surface area (Å²) in [5, 5.41) is 39.0. The standard InChI is InChI=1S/C18H17N7O5/c1-17(2)7-21-15-13(25(29)30)18(11(6-19)14(20)23(15)8-17)10-5-9(24(27)28)3-4-12(10)22-16(18)26/h3-5,21H,7-8,20H2,1-2H3,(H,22,26). The number of amides is 1. The minimum absolute atomic E-state index is 0.00494. The van der Waals surface area contributed by atoms with Gasteiger partial charge in [0, 0.05) is 41.9 Å². The molecule has 0 bridgehead atoms. The minimum Gasteiger partial charge on any atom is -0.384 e. The van der Waals surface area contributed by atoms with Gasteiger partial charge >= 0.3 is 5.70 Å². The molecule has 0 saturated carbocycles. The van der Waals surface area contributed by atoms with Crippen LogP contribution in [0.2, 0.25) is 0 Å². The molecule has 0 aliphatic carbocycles. The largest absolute Gasteiger partial charge is 0.384 e. The molecule has 12 heteroatoms. The molecular weight excluding hydrogens is 394 g/mol. The summed E-state index contributed by atoms with van der Waals surface area (Å²) < 4.78 is 0. The average Bonchev–Trinajstić information content (AvgIpc) is 2.94. The second-order valence-electron chi connectivity index (χ2n) is 8.12. The van der Waals surface area contributed by atoms with Gasteiger partial charge < -0.3 is 21.3 Å². The SMILES string of the molecule is CC1(C)CNC2=C([N+](=O)[O-])C3(C(=O)Nc4ccc([N+](=O)[O-])cc43)C(C#N)=C(N)N2C1. The van der Waals surface area contributed by atoms with Gasteiger partial charge in [0.05, 0.1) is 9.85 Å². The molecule has 12 nitrogen and oxygen atoms in total. The highest BCUT2D eigenvalue weighted by molar-refractivity contribution is 6.12. The van der Waals surface area contributed by atoms with Gasteiger partial charge in [-0.15, -0.1) is 0 Å². The number of nitriles is 1. The lowest BCUT2D eigenvalue weighted by molar-refractivity contribution is -0.435. The monoisotopic (exact) mass is 411 g/mol. The van der Waals surface area contributed by atoms with E-state index in [1.807, 2.05) is 19.9 Å². The number of nitrogens with two attached hydrogens (primary N) is 1. The molecule has 154 valence electrons. The lowest BCUT2D eigenvalue weighted by atomic mass is 9.70. The van der Waals surface area contributed by atoms with E-state index < -0.39 is 26.9 Å². The number of nitrogens with one attached hydrogen (secondary N) is 2. The Balaban J connectivity index is 2.10. The first-order valence-electron chi connectivity index (χ1n) is 8.96. The molecule has 1 spiro atoms. The van der Waals surface area contributed by atoms with Crippen LogP contribution in [0, 0.1) is 37.0 Å². The van der Waals surface area contributed by atoms with Crippen molar-refractivity contribution in [1.82, 2.24) is 10.2 Å². The maximum absolute atomic E-state index is 13.2. The molecule has 1 aromatic carbocycles. The molecule has 4 rings (SSSR count). The molecule has 0 radical (unpaired) electrons. The van der Waals surface area contributed by atoms with Gasteiger partial charge in [0.15, 0.2) is 5.82 Å². The molecule has 3 aliphatic rings. The molecule has 1 unspecified atom stereocenters. The minimum atomic E-state index is -2.20. The molecule has 30 heavy (non-hydrogen) atoms. The third kappa shape index (κ3) is 2.29. The number of rotatable bonds is 2. The van der Waals surface area contributed by atoms with E-state index in [-0.39, 0.29) is 46.1 Å². The number of fused-ring (bicyclic) bond motifs is 3. The molecule has 4 N–H and O–H groups in total. The normalized spacial score (nSPS) is 24.0. The van der Waals surface area contributed by atoms with Crippen LogP contribution >= 0.6 is 0 Å². The van der Waals surface area contributed by atoms with Gasteiger partial charge in [0.25, 0.3) is 11.6 Å². The summed E-state index contributed by atoms with van der Waals surface area (Å²) >= 11 is 0. The van der Waals surface area contributed by atoms with E-state index in [4.69, 9.17) is 5.73 Å². The Morgan fingerprint density at radius 1 is 1.27 bits per heavy atom. The van der Waals surface area contributed by atoms with Crippen LogP contribution in [-0.4, -0.2) is 33.7 Å². The number of nitro groups is 2. The fraction of sp³-hybridized carbons (Fsp3) is 0.333. The number of benzene rings is 1. The Morgan fingerprint density at radius 2 is 1.97 bits per heavy atom. The van der Waals surface area contributed by atoms with Gasteiger partial charge in [-0.3, -0.25) is 25.0 Å². The van der Waals surface area contributed by atoms with E-state index in [1.165, 1.54) is 17.0 Å². The van der Waals surface area contributed by atoms with Crippen LogP contribution in [0.4, 0.5) is 11.4 Å². The van der Waals surface area contributed by atoms with Gasteiger partial charge in [-0.1, -0.05) is 13.8 Å². The number of carbonyl (C=O) groups is 1. The Kier molecular flexibility index (Phi) is 3.79. The second kappa shape index (κ2) is 5.93. The third-order valence-corrected chi connectivity index (χ3v) is 5.59. The Labute approximate surface area is 169 Å². The lowest BCUT2D eigenvalue weighted by Gasteiger charge is -2.45. The van der Waals surface area contributed by atoms with Crippen molar-refractivity contribution in [2.24, 2.45) is 11.1 Å². The van der Waals surface area contributed by atoms with Gasteiger partial charge in [0.1, 0.15) is 17.5 Å². The van der Waals surface area contributed by atoms with Crippen LogP contribution in [-0.2, 0) is 10.2 Å². The highest BCUT2D eigenvalue weighted by Crippen LogP contribution is 2.53. The number of hydrogen-bond donors (Lipinski definition) is 3. The number of nitro benzene ring substituents is 1. The highest BCUT2D eigenvalue weighted by Gasteiger charge is 2.65. The quantitative estimate of drug-likeness (QED) is 0.470. The first-order chi connectivity index (χ1) is 14.0. The van der Waals surface area contributed by atoms with Crippen molar-refractivity contribution in [1.29, 1.82) is 5.26 Å². The zero-order valence-electron chi connectivity index (χ0n) is 16.1. The third-order valence-electron chi connectivity index (χ3n) is 5.59. The van der Waals surface area contributed by atoms with Crippen LogP contribution in [0.15, 0.2) is 41.1 Å². The molecule has 1 fully saturated rings. The highest BCUT2D eigenvalue weighted by atomic mass is 16.6.